The van der Waals surface area contributed by atoms with Gasteiger partial charge in [0.2, 0.25) is 0 Å². The smallest absolute Gasteiger partial charge is 0.0575 e. The van der Waals surface area contributed by atoms with Gasteiger partial charge in [0.1, 0.15) is 0 Å². The van der Waals surface area contributed by atoms with E-state index in [2.05, 4.69) is 48.7 Å². The molecular weight excluding hydrogens is 172 g/mol. The molecule has 0 saturated heterocycles. The van der Waals surface area contributed by atoms with Crippen LogP contribution in [0.3, 0.4) is 0 Å². The van der Waals surface area contributed by atoms with Gasteiger partial charge in [-0.3, -0.25) is 0 Å². The molecule has 0 spiro atoms. The molecule has 78 valence electrons. The van der Waals surface area contributed by atoms with E-state index in [4.69, 9.17) is 0 Å². The molecule has 0 unspecified atom stereocenters. The zero-order chi connectivity index (χ0) is 10.2. The minimum absolute atomic E-state index is 1.03. The molecule has 0 saturated carbocycles. The lowest BCUT2D eigenvalue weighted by Crippen LogP contribution is -2.06. The minimum Gasteiger partial charge on any atom is -0.383 e. The fraction of sp³-hybridized carbons (Fsp3) is 0.500. The molecule has 1 aromatic carbocycles. The molecule has 0 aliphatic carbocycles. The maximum absolute atomic E-state index is 3.41. The van der Waals surface area contributed by atoms with Crippen LogP contribution in [0.1, 0.15) is 26.7 Å². The number of hydrogen-bond acceptors (Lipinski definition) is 2. The van der Waals surface area contributed by atoms with Gasteiger partial charge in [-0.25, -0.2) is 0 Å². The lowest BCUT2D eigenvalue weighted by Gasteiger charge is -2.12. The summed E-state index contributed by atoms with van der Waals surface area (Å²) in [7, 11) is 0. The Hall–Kier alpha value is -1.18. The minimum atomic E-state index is 1.03. The van der Waals surface area contributed by atoms with Crippen LogP contribution in [0.5, 0.6) is 0 Å². The lowest BCUT2D eigenvalue weighted by atomic mass is 10.2. The van der Waals surface area contributed by atoms with E-state index in [0.29, 0.717) is 0 Å². The molecule has 0 aliphatic rings. The monoisotopic (exact) mass is 192 g/mol. The van der Waals surface area contributed by atoms with Gasteiger partial charge in [0.15, 0.2) is 0 Å². The summed E-state index contributed by atoms with van der Waals surface area (Å²) < 4.78 is 0. The first-order valence-corrected chi connectivity index (χ1v) is 5.45. The van der Waals surface area contributed by atoms with Crippen LogP contribution in [0, 0.1) is 0 Å². The van der Waals surface area contributed by atoms with E-state index in [0.717, 1.165) is 25.9 Å². The van der Waals surface area contributed by atoms with Crippen molar-refractivity contribution < 1.29 is 0 Å². The molecule has 0 aromatic heterocycles. The molecule has 1 rings (SSSR count). The number of anilines is 2. The molecular formula is C12H20N2. The number of rotatable bonds is 6. The van der Waals surface area contributed by atoms with Gasteiger partial charge in [0.05, 0.1) is 11.4 Å². The highest BCUT2D eigenvalue weighted by Gasteiger charge is 1.98. The molecule has 2 nitrogen and oxygen atoms in total. The Labute approximate surface area is 86.7 Å². The Kier molecular flexibility index (Phi) is 4.90. The van der Waals surface area contributed by atoms with Gasteiger partial charge < -0.3 is 10.6 Å². The topological polar surface area (TPSA) is 24.1 Å². The summed E-state index contributed by atoms with van der Waals surface area (Å²) >= 11 is 0. The van der Waals surface area contributed by atoms with Gasteiger partial charge in [0.25, 0.3) is 0 Å². The van der Waals surface area contributed by atoms with Crippen molar-refractivity contribution in [1.29, 1.82) is 0 Å². The Morgan fingerprint density at radius 1 is 0.857 bits per heavy atom. The summed E-state index contributed by atoms with van der Waals surface area (Å²) in [5, 5.41) is 6.82. The van der Waals surface area contributed by atoms with Crippen molar-refractivity contribution in [2.24, 2.45) is 0 Å². The molecule has 0 amide bonds. The van der Waals surface area contributed by atoms with Crippen molar-refractivity contribution in [3.63, 3.8) is 0 Å². The summed E-state index contributed by atoms with van der Waals surface area (Å²) in [6.45, 7) is 6.42. The molecule has 2 N–H and O–H groups in total. The average Bonchev–Trinajstić information content (AvgIpc) is 2.24. The van der Waals surface area contributed by atoms with E-state index < -0.39 is 0 Å². The van der Waals surface area contributed by atoms with E-state index in [-0.39, 0.29) is 0 Å². The van der Waals surface area contributed by atoms with Gasteiger partial charge in [-0.15, -0.1) is 0 Å². The zero-order valence-electron chi connectivity index (χ0n) is 9.14. The second-order valence-electron chi connectivity index (χ2n) is 3.40. The number of hydrogen-bond donors (Lipinski definition) is 2. The fourth-order valence-electron chi connectivity index (χ4n) is 1.31. The summed E-state index contributed by atoms with van der Waals surface area (Å²) in [4.78, 5) is 0. The van der Waals surface area contributed by atoms with Crippen LogP contribution in [0.2, 0.25) is 0 Å². The van der Waals surface area contributed by atoms with E-state index in [9.17, 15) is 0 Å². The number of benzene rings is 1. The van der Waals surface area contributed by atoms with E-state index in [1.165, 1.54) is 11.4 Å². The van der Waals surface area contributed by atoms with E-state index in [1.54, 1.807) is 0 Å². The van der Waals surface area contributed by atoms with E-state index in [1.807, 2.05) is 0 Å². The highest BCUT2D eigenvalue weighted by Crippen LogP contribution is 2.20. The van der Waals surface area contributed by atoms with Gasteiger partial charge in [-0.2, -0.15) is 0 Å². The summed E-state index contributed by atoms with van der Waals surface area (Å²) in [5.74, 6) is 0. The van der Waals surface area contributed by atoms with Crippen molar-refractivity contribution in [2.45, 2.75) is 26.7 Å². The van der Waals surface area contributed by atoms with Gasteiger partial charge >= 0.3 is 0 Å². The third-order valence-corrected chi connectivity index (χ3v) is 2.06. The first kappa shape index (κ1) is 10.9. The van der Waals surface area contributed by atoms with E-state index >= 15 is 0 Å². The molecule has 1 aromatic rings. The molecule has 0 aliphatic heterocycles. The van der Waals surface area contributed by atoms with Crippen molar-refractivity contribution in [3.05, 3.63) is 24.3 Å². The summed E-state index contributed by atoms with van der Waals surface area (Å²) in [6.07, 6.45) is 2.31. The van der Waals surface area contributed by atoms with Crippen molar-refractivity contribution >= 4 is 11.4 Å². The zero-order valence-corrected chi connectivity index (χ0v) is 9.14. The largest absolute Gasteiger partial charge is 0.383 e. The second kappa shape index (κ2) is 6.30. The van der Waals surface area contributed by atoms with Crippen LogP contribution in [0.15, 0.2) is 24.3 Å². The standard InChI is InChI=1S/C12H20N2/c1-3-9-13-11-7-5-6-8-12(11)14-10-4-2/h5-8,13-14H,3-4,9-10H2,1-2H3. The van der Waals surface area contributed by atoms with Crippen molar-refractivity contribution in [3.8, 4) is 0 Å². The predicted molar refractivity (Wildman–Crippen MR) is 64.0 cm³/mol. The number of para-hydroxylation sites is 2. The van der Waals surface area contributed by atoms with Gasteiger partial charge in [-0.05, 0) is 25.0 Å². The third kappa shape index (κ3) is 3.29. The molecule has 0 atom stereocenters. The molecule has 14 heavy (non-hydrogen) atoms. The lowest BCUT2D eigenvalue weighted by molar-refractivity contribution is 0.967. The van der Waals surface area contributed by atoms with Crippen LogP contribution in [0.25, 0.3) is 0 Å². The van der Waals surface area contributed by atoms with Crippen LogP contribution < -0.4 is 10.6 Å². The first-order valence-electron chi connectivity index (χ1n) is 5.45. The molecule has 0 fully saturated rings. The Balaban J connectivity index is 2.60. The Morgan fingerprint density at radius 3 is 1.64 bits per heavy atom. The van der Waals surface area contributed by atoms with Crippen LogP contribution >= 0.6 is 0 Å². The summed E-state index contributed by atoms with van der Waals surface area (Å²) in [6, 6.07) is 8.37. The fourth-order valence-corrected chi connectivity index (χ4v) is 1.31. The van der Waals surface area contributed by atoms with Crippen molar-refractivity contribution in [1.82, 2.24) is 0 Å². The van der Waals surface area contributed by atoms with Crippen LogP contribution in [0.4, 0.5) is 11.4 Å². The van der Waals surface area contributed by atoms with Crippen LogP contribution in [-0.4, -0.2) is 13.1 Å². The van der Waals surface area contributed by atoms with Gasteiger partial charge in [-0.1, -0.05) is 26.0 Å². The van der Waals surface area contributed by atoms with Crippen molar-refractivity contribution in [2.75, 3.05) is 23.7 Å². The maximum Gasteiger partial charge on any atom is 0.0575 e. The third-order valence-electron chi connectivity index (χ3n) is 2.06. The first-order chi connectivity index (χ1) is 6.88. The van der Waals surface area contributed by atoms with Crippen LogP contribution in [-0.2, 0) is 0 Å². The molecule has 0 radical (unpaired) electrons. The highest BCUT2D eigenvalue weighted by atomic mass is 14.9. The Bertz CT molecular complexity index is 231. The quantitative estimate of drug-likeness (QED) is 0.722. The molecule has 2 heteroatoms. The molecule has 0 bridgehead atoms. The average molecular weight is 192 g/mol. The SMILES string of the molecule is CCCNc1ccccc1NCCC. The van der Waals surface area contributed by atoms with Gasteiger partial charge in [0, 0.05) is 13.1 Å². The summed E-state index contributed by atoms with van der Waals surface area (Å²) in [5.41, 5.74) is 2.42. The normalized spacial score (nSPS) is 9.86. The molecule has 0 heterocycles. The Morgan fingerprint density at radius 2 is 1.29 bits per heavy atom. The number of nitrogens with one attached hydrogen (secondary N) is 2. The second-order valence-corrected chi connectivity index (χ2v) is 3.40. The maximum atomic E-state index is 3.41. The highest BCUT2D eigenvalue weighted by molar-refractivity contribution is 5.68. The predicted octanol–water partition coefficient (Wildman–Crippen LogP) is 3.33.